The maximum Gasteiger partial charge on any atom is 0.315 e. The van der Waals surface area contributed by atoms with Gasteiger partial charge in [-0.1, -0.05) is 15.9 Å². The normalized spacial score (nSPS) is 10.1. The minimum absolute atomic E-state index is 0.0901. The van der Waals surface area contributed by atoms with E-state index in [1.807, 2.05) is 12.1 Å². The summed E-state index contributed by atoms with van der Waals surface area (Å²) >= 11 is 3.33. The van der Waals surface area contributed by atoms with Gasteiger partial charge in [-0.25, -0.2) is 0 Å². The van der Waals surface area contributed by atoms with E-state index in [-0.39, 0.29) is 12.4 Å². The summed E-state index contributed by atoms with van der Waals surface area (Å²) in [7, 11) is 4.59. The maximum absolute atomic E-state index is 12.1. The molecule has 0 amide bonds. The van der Waals surface area contributed by atoms with Gasteiger partial charge in [0.15, 0.2) is 11.5 Å². The molecular weight excluding hydrogens is 364 g/mol. The highest BCUT2D eigenvalue weighted by atomic mass is 79.9. The molecule has 0 aliphatic rings. The molecule has 0 aromatic heterocycles. The summed E-state index contributed by atoms with van der Waals surface area (Å²) in [4.78, 5) is 12.1. The number of methoxy groups -OCH3 is 3. The third-order valence-electron chi connectivity index (χ3n) is 3.12. The Morgan fingerprint density at radius 3 is 2.00 bits per heavy atom. The molecule has 0 bridgehead atoms. The molecule has 6 heteroatoms. The number of esters is 1. The van der Waals surface area contributed by atoms with Gasteiger partial charge < -0.3 is 18.9 Å². The molecule has 0 radical (unpaired) electrons. The molecule has 0 saturated heterocycles. The molecule has 0 N–H and O–H groups in total. The SMILES string of the molecule is COc1cc(CC(=O)Oc2ccc(Br)cc2)cc(OC)c1OC. The van der Waals surface area contributed by atoms with Gasteiger partial charge in [0, 0.05) is 4.47 Å². The molecule has 122 valence electrons. The summed E-state index contributed by atoms with van der Waals surface area (Å²) in [6, 6.07) is 10.5. The molecule has 0 atom stereocenters. The quantitative estimate of drug-likeness (QED) is 0.565. The molecule has 0 fully saturated rings. The topological polar surface area (TPSA) is 54.0 Å². The van der Waals surface area contributed by atoms with Gasteiger partial charge in [-0.05, 0) is 42.0 Å². The lowest BCUT2D eigenvalue weighted by Gasteiger charge is -2.14. The second-order valence-electron chi connectivity index (χ2n) is 4.64. The van der Waals surface area contributed by atoms with Gasteiger partial charge in [0.05, 0.1) is 27.8 Å². The van der Waals surface area contributed by atoms with E-state index in [4.69, 9.17) is 18.9 Å². The van der Waals surface area contributed by atoms with Crippen molar-refractivity contribution in [2.24, 2.45) is 0 Å². The van der Waals surface area contributed by atoms with Crippen molar-refractivity contribution in [2.75, 3.05) is 21.3 Å². The van der Waals surface area contributed by atoms with Crippen LogP contribution in [0.2, 0.25) is 0 Å². The number of carbonyl (C=O) groups excluding carboxylic acids is 1. The summed E-state index contributed by atoms with van der Waals surface area (Å²) in [6.07, 6.45) is 0.0901. The first-order valence-corrected chi connectivity index (χ1v) is 7.61. The maximum atomic E-state index is 12.1. The second kappa shape index (κ2) is 7.87. The van der Waals surface area contributed by atoms with Gasteiger partial charge >= 0.3 is 5.97 Å². The fourth-order valence-corrected chi connectivity index (χ4v) is 2.34. The van der Waals surface area contributed by atoms with Crippen molar-refractivity contribution in [3.63, 3.8) is 0 Å². The summed E-state index contributed by atoms with van der Waals surface area (Å²) in [5, 5.41) is 0. The fraction of sp³-hybridized carbons (Fsp3) is 0.235. The average molecular weight is 381 g/mol. The molecule has 23 heavy (non-hydrogen) atoms. The molecule has 0 unspecified atom stereocenters. The van der Waals surface area contributed by atoms with Gasteiger partial charge in [-0.2, -0.15) is 0 Å². The zero-order valence-electron chi connectivity index (χ0n) is 13.1. The largest absolute Gasteiger partial charge is 0.493 e. The van der Waals surface area contributed by atoms with E-state index in [2.05, 4.69) is 15.9 Å². The van der Waals surface area contributed by atoms with Crippen molar-refractivity contribution < 1.29 is 23.7 Å². The molecule has 2 aromatic rings. The number of hydrogen-bond acceptors (Lipinski definition) is 5. The minimum Gasteiger partial charge on any atom is -0.493 e. The molecule has 5 nitrogen and oxygen atoms in total. The van der Waals surface area contributed by atoms with Crippen LogP contribution in [0.1, 0.15) is 5.56 Å². The van der Waals surface area contributed by atoms with Crippen molar-refractivity contribution in [2.45, 2.75) is 6.42 Å². The molecule has 0 spiro atoms. The highest BCUT2D eigenvalue weighted by Crippen LogP contribution is 2.38. The molecule has 2 aromatic carbocycles. The fourth-order valence-electron chi connectivity index (χ4n) is 2.07. The van der Waals surface area contributed by atoms with Crippen LogP contribution in [0.25, 0.3) is 0 Å². The van der Waals surface area contributed by atoms with E-state index in [0.29, 0.717) is 28.6 Å². The Morgan fingerprint density at radius 2 is 1.52 bits per heavy atom. The van der Waals surface area contributed by atoms with Gasteiger partial charge in [0.25, 0.3) is 0 Å². The van der Waals surface area contributed by atoms with Crippen molar-refractivity contribution in [3.05, 3.63) is 46.4 Å². The average Bonchev–Trinajstić information content (AvgIpc) is 2.55. The Hall–Kier alpha value is -2.21. The van der Waals surface area contributed by atoms with Crippen molar-refractivity contribution >= 4 is 21.9 Å². The Kier molecular flexibility index (Phi) is 5.87. The Balaban J connectivity index is 2.15. The monoisotopic (exact) mass is 380 g/mol. The highest BCUT2D eigenvalue weighted by molar-refractivity contribution is 9.10. The van der Waals surface area contributed by atoms with E-state index < -0.39 is 0 Å². The van der Waals surface area contributed by atoms with Crippen molar-refractivity contribution in [1.82, 2.24) is 0 Å². The molecular formula is C17H17BrO5. The van der Waals surface area contributed by atoms with Crippen LogP contribution >= 0.6 is 15.9 Å². The number of benzene rings is 2. The zero-order valence-corrected chi connectivity index (χ0v) is 14.7. The highest BCUT2D eigenvalue weighted by Gasteiger charge is 2.15. The summed E-state index contributed by atoms with van der Waals surface area (Å²) in [5.41, 5.74) is 0.710. The van der Waals surface area contributed by atoms with E-state index in [1.165, 1.54) is 21.3 Å². The van der Waals surface area contributed by atoms with Crippen LogP contribution in [0.15, 0.2) is 40.9 Å². The van der Waals surface area contributed by atoms with Crippen LogP contribution < -0.4 is 18.9 Å². The molecule has 0 aliphatic heterocycles. The third-order valence-corrected chi connectivity index (χ3v) is 3.65. The number of carbonyl (C=O) groups is 1. The van der Waals surface area contributed by atoms with Gasteiger partial charge in [0.2, 0.25) is 5.75 Å². The van der Waals surface area contributed by atoms with Gasteiger partial charge in [-0.15, -0.1) is 0 Å². The Labute approximate surface area is 143 Å². The van der Waals surface area contributed by atoms with Crippen molar-refractivity contribution in [3.8, 4) is 23.0 Å². The van der Waals surface area contributed by atoms with Crippen molar-refractivity contribution in [1.29, 1.82) is 0 Å². The zero-order chi connectivity index (χ0) is 16.8. The minimum atomic E-state index is -0.374. The van der Waals surface area contributed by atoms with Crippen LogP contribution in [0.3, 0.4) is 0 Å². The van der Waals surface area contributed by atoms with E-state index >= 15 is 0 Å². The summed E-state index contributed by atoms with van der Waals surface area (Å²) in [6.45, 7) is 0. The first-order chi connectivity index (χ1) is 11.1. The van der Waals surface area contributed by atoms with Crippen LogP contribution in [0, 0.1) is 0 Å². The second-order valence-corrected chi connectivity index (χ2v) is 5.55. The summed E-state index contributed by atoms with van der Waals surface area (Å²) in [5.74, 6) is 1.60. The lowest BCUT2D eigenvalue weighted by atomic mass is 10.1. The standard InChI is InChI=1S/C17H17BrO5/c1-20-14-8-11(9-15(21-2)17(14)22-3)10-16(19)23-13-6-4-12(18)5-7-13/h4-9H,10H2,1-3H3. The van der Waals surface area contributed by atoms with Crippen LogP contribution in [0.4, 0.5) is 0 Å². The summed E-state index contributed by atoms with van der Waals surface area (Å²) < 4.78 is 22.0. The third kappa shape index (κ3) is 4.39. The number of rotatable bonds is 6. The van der Waals surface area contributed by atoms with Gasteiger partial charge in [-0.3, -0.25) is 4.79 Å². The Bertz CT molecular complexity index is 657. The van der Waals surface area contributed by atoms with Crippen LogP contribution in [-0.2, 0) is 11.2 Å². The van der Waals surface area contributed by atoms with E-state index in [9.17, 15) is 4.79 Å². The first-order valence-electron chi connectivity index (χ1n) is 6.82. The predicted octanol–water partition coefficient (Wildman–Crippen LogP) is 3.62. The van der Waals surface area contributed by atoms with E-state index in [1.54, 1.807) is 24.3 Å². The number of hydrogen-bond donors (Lipinski definition) is 0. The molecule has 0 heterocycles. The lowest BCUT2D eigenvalue weighted by molar-refractivity contribution is -0.133. The number of halogens is 1. The molecule has 0 aliphatic carbocycles. The smallest absolute Gasteiger partial charge is 0.315 e. The molecule has 0 saturated carbocycles. The lowest BCUT2D eigenvalue weighted by Crippen LogP contribution is -2.11. The molecule has 2 rings (SSSR count). The van der Waals surface area contributed by atoms with Gasteiger partial charge in [0.1, 0.15) is 5.75 Å². The number of ether oxygens (including phenoxy) is 4. The van der Waals surface area contributed by atoms with E-state index in [0.717, 1.165) is 4.47 Å². The van der Waals surface area contributed by atoms with Crippen LogP contribution in [-0.4, -0.2) is 27.3 Å². The first kappa shape index (κ1) is 17.1. The predicted molar refractivity (Wildman–Crippen MR) is 89.6 cm³/mol. The Morgan fingerprint density at radius 1 is 0.957 bits per heavy atom. The van der Waals surface area contributed by atoms with Crippen LogP contribution in [0.5, 0.6) is 23.0 Å².